The number of benzene rings is 1. The van der Waals surface area contributed by atoms with Crippen LogP contribution in [-0.4, -0.2) is 29.2 Å². The molecule has 0 aromatic heterocycles. The minimum absolute atomic E-state index is 0.212. The number of nitrogens with zero attached hydrogens (tertiary/aromatic N) is 1. The zero-order valence-electron chi connectivity index (χ0n) is 13.4. The Labute approximate surface area is 123 Å². The van der Waals surface area contributed by atoms with Crippen LogP contribution in [0.2, 0.25) is 0 Å². The molecule has 0 aliphatic heterocycles. The van der Waals surface area contributed by atoms with Crippen LogP contribution in [0.3, 0.4) is 0 Å². The van der Waals surface area contributed by atoms with Crippen LogP contribution in [0, 0.1) is 0 Å². The van der Waals surface area contributed by atoms with E-state index in [9.17, 15) is 5.11 Å². The fraction of sp³-hybridized carbons (Fsp3) is 0.667. The van der Waals surface area contributed by atoms with Crippen LogP contribution in [0.5, 0.6) is 0 Å². The molecule has 1 aromatic rings. The Kier molecular flexibility index (Phi) is 4.55. The maximum atomic E-state index is 10.4. The number of aliphatic hydroxyl groups is 1. The summed E-state index contributed by atoms with van der Waals surface area (Å²) in [6.45, 7) is 8.41. The summed E-state index contributed by atoms with van der Waals surface area (Å²) in [6.07, 6.45) is 4.26. The first-order chi connectivity index (χ1) is 9.28. The molecule has 1 N–H and O–H groups in total. The predicted octanol–water partition coefficient (Wildman–Crippen LogP) is 3.72. The van der Waals surface area contributed by atoms with Gasteiger partial charge in [-0.1, -0.05) is 57.9 Å². The van der Waals surface area contributed by atoms with Crippen molar-refractivity contribution in [3.8, 4) is 0 Å². The molecular weight excluding hydrogens is 246 g/mol. The standard InChI is InChI=1S/C18H29NO/c1-17(2,3)16-9-7-15(8-10-16)13-19(4)14-18(20)11-5-6-12-18/h7-10,20H,5-6,11-14H2,1-4H3. The molecular formula is C18H29NO. The molecule has 0 heterocycles. The number of likely N-dealkylation sites (N-methyl/N-ethyl adjacent to an activating group) is 1. The Hall–Kier alpha value is -0.860. The van der Waals surface area contributed by atoms with Crippen molar-refractivity contribution in [2.45, 2.75) is 64.0 Å². The second kappa shape index (κ2) is 5.87. The van der Waals surface area contributed by atoms with Crippen molar-refractivity contribution in [1.82, 2.24) is 4.90 Å². The van der Waals surface area contributed by atoms with Crippen molar-refractivity contribution in [3.63, 3.8) is 0 Å². The summed E-state index contributed by atoms with van der Waals surface area (Å²) in [5.41, 5.74) is 2.46. The van der Waals surface area contributed by atoms with Gasteiger partial charge < -0.3 is 5.11 Å². The van der Waals surface area contributed by atoms with Crippen LogP contribution in [0.15, 0.2) is 24.3 Å². The average Bonchev–Trinajstić information content (AvgIpc) is 2.74. The quantitative estimate of drug-likeness (QED) is 0.905. The van der Waals surface area contributed by atoms with Gasteiger partial charge in [-0.3, -0.25) is 4.90 Å². The lowest BCUT2D eigenvalue weighted by atomic mass is 9.87. The van der Waals surface area contributed by atoms with Crippen LogP contribution in [0.4, 0.5) is 0 Å². The molecule has 1 aromatic carbocycles. The van der Waals surface area contributed by atoms with E-state index in [0.29, 0.717) is 0 Å². The van der Waals surface area contributed by atoms with E-state index in [4.69, 9.17) is 0 Å². The lowest BCUT2D eigenvalue weighted by molar-refractivity contribution is 0.0145. The smallest absolute Gasteiger partial charge is 0.0774 e. The lowest BCUT2D eigenvalue weighted by Crippen LogP contribution is -2.38. The molecule has 2 heteroatoms. The molecule has 0 atom stereocenters. The Morgan fingerprint density at radius 2 is 1.65 bits per heavy atom. The predicted molar refractivity (Wildman–Crippen MR) is 84.9 cm³/mol. The maximum Gasteiger partial charge on any atom is 0.0774 e. The number of rotatable bonds is 4. The Morgan fingerprint density at radius 3 is 2.15 bits per heavy atom. The fourth-order valence-electron chi connectivity index (χ4n) is 3.17. The maximum absolute atomic E-state index is 10.4. The first-order valence-electron chi connectivity index (χ1n) is 7.79. The van der Waals surface area contributed by atoms with Crippen LogP contribution in [-0.2, 0) is 12.0 Å². The molecule has 0 saturated heterocycles. The molecule has 1 aliphatic carbocycles. The highest BCUT2D eigenvalue weighted by molar-refractivity contribution is 5.27. The van der Waals surface area contributed by atoms with Crippen LogP contribution in [0.1, 0.15) is 57.6 Å². The van der Waals surface area contributed by atoms with Crippen LogP contribution >= 0.6 is 0 Å². The zero-order valence-corrected chi connectivity index (χ0v) is 13.4. The highest BCUT2D eigenvalue weighted by atomic mass is 16.3. The van der Waals surface area contributed by atoms with Gasteiger partial charge in [-0.15, -0.1) is 0 Å². The lowest BCUT2D eigenvalue weighted by Gasteiger charge is -2.28. The molecule has 0 spiro atoms. The van der Waals surface area contributed by atoms with Gasteiger partial charge in [-0.2, -0.15) is 0 Å². The first kappa shape index (κ1) is 15.5. The van der Waals surface area contributed by atoms with Gasteiger partial charge in [0.2, 0.25) is 0 Å². The van der Waals surface area contributed by atoms with Gasteiger partial charge in [0.1, 0.15) is 0 Å². The Bertz CT molecular complexity index is 424. The SMILES string of the molecule is CN(Cc1ccc(C(C)(C)C)cc1)CC1(O)CCCC1. The Morgan fingerprint density at radius 1 is 1.10 bits per heavy atom. The van der Waals surface area contributed by atoms with E-state index >= 15 is 0 Å². The van der Waals surface area contributed by atoms with E-state index < -0.39 is 5.60 Å². The third kappa shape index (κ3) is 4.07. The molecule has 0 radical (unpaired) electrons. The van der Waals surface area contributed by atoms with Crippen molar-refractivity contribution in [3.05, 3.63) is 35.4 Å². The second-order valence-electron chi connectivity index (χ2n) is 7.55. The van der Waals surface area contributed by atoms with Crippen molar-refractivity contribution >= 4 is 0 Å². The summed E-state index contributed by atoms with van der Waals surface area (Å²) < 4.78 is 0. The highest BCUT2D eigenvalue weighted by Gasteiger charge is 2.32. The number of hydrogen-bond acceptors (Lipinski definition) is 2. The summed E-state index contributed by atoms with van der Waals surface area (Å²) in [7, 11) is 2.11. The molecule has 1 saturated carbocycles. The van der Waals surface area contributed by atoms with E-state index in [1.165, 1.54) is 24.0 Å². The Balaban J connectivity index is 1.92. The highest BCUT2D eigenvalue weighted by Crippen LogP contribution is 2.30. The average molecular weight is 275 g/mol. The second-order valence-corrected chi connectivity index (χ2v) is 7.55. The normalized spacial score (nSPS) is 18.7. The molecule has 2 nitrogen and oxygen atoms in total. The topological polar surface area (TPSA) is 23.5 Å². The zero-order chi connectivity index (χ0) is 14.8. The molecule has 1 fully saturated rings. The van der Waals surface area contributed by atoms with Crippen LogP contribution < -0.4 is 0 Å². The van der Waals surface area contributed by atoms with Gasteiger partial charge in [0.25, 0.3) is 0 Å². The van der Waals surface area contributed by atoms with E-state index in [1.807, 2.05) is 0 Å². The van der Waals surface area contributed by atoms with Crippen molar-refractivity contribution in [2.75, 3.05) is 13.6 Å². The van der Waals surface area contributed by atoms with E-state index in [2.05, 4.69) is 57.0 Å². The van der Waals surface area contributed by atoms with Crippen molar-refractivity contribution in [1.29, 1.82) is 0 Å². The molecule has 112 valence electrons. The van der Waals surface area contributed by atoms with E-state index in [1.54, 1.807) is 0 Å². The molecule has 0 unspecified atom stereocenters. The van der Waals surface area contributed by atoms with Crippen LogP contribution in [0.25, 0.3) is 0 Å². The third-order valence-electron chi connectivity index (χ3n) is 4.37. The van der Waals surface area contributed by atoms with Gasteiger partial charge in [0.15, 0.2) is 0 Å². The van der Waals surface area contributed by atoms with Gasteiger partial charge in [0.05, 0.1) is 5.60 Å². The fourth-order valence-corrected chi connectivity index (χ4v) is 3.17. The van der Waals surface area contributed by atoms with Gasteiger partial charge >= 0.3 is 0 Å². The summed E-state index contributed by atoms with van der Waals surface area (Å²) in [5, 5.41) is 10.4. The van der Waals surface area contributed by atoms with E-state index in [0.717, 1.165) is 25.9 Å². The molecule has 0 bridgehead atoms. The summed E-state index contributed by atoms with van der Waals surface area (Å²) in [5.74, 6) is 0. The first-order valence-corrected chi connectivity index (χ1v) is 7.79. The minimum atomic E-state index is -0.444. The number of hydrogen-bond donors (Lipinski definition) is 1. The minimum Gasteiger partial charge on any atom is -0.389 e. The van der Waals surface area contributed by atoms with E-state index in [-0.39, 0.29) is 5.41 Å². The van der Waals surface area contributed by atoms with Crippen molar-refractivity contribution in [2.24, 2.45) is 0 Å². The molecule has 20 heavy (non-hydrogen) atoms. The third-order valence-corrected chi connectivity index (χ3v) is 4.37. The molecule has 1 aliphatic rings. The summed E-state index contributed by atoms with van der Waals surface area (Å²) >= 11 is 0. The van der Waals surface area contributed by atoms with Gasteiger partial charge in [-0.05, 0) is 36.4 Å². The summed E-state index contributed by atoms with van der Waals surface area (Å²) in [4.78, 5) is 2.25. The van der Waals surface area contributed by atoms with Gasteiger partial charge in [-0.25, -0.2) is 0 Å². The summed E-state index contributed by atoms with van der Waals surface area (Å²) in [6, 6.07) is 8.90. The van der Waals surface area contributed by atoms with Gasteiger partial charge in [0, 0.05) is 13.1 Å². The largest absolute Gasteiger partial charge is 0.389 e. The molecule has 0 amide bonds. The van der Waals surface area contributed by atoms with Crippen molar-refractivity contribution < 1.29 is 5.11 Å². The molecule has 2 rings (SSSR count). The monoisotopic (exact) mass is 275 g/mol.